The Morgan fingerprint density at radius 2 is 2.04 bits per heavy atom. The molecule has 2 aromatic rings. The highest BCUT2D eigenvalue weighted by atomic mass is 32.2. The third-order valence-electron chi connectivity index (χ3n) is 3.80. The molecule has 126 valence electrons. The summed E-state index contributed by atoms with van der Waals surface area (Å²) in [6, 6.07) is 6.78. The second-order valence-electron chi connectivity index (χ2n) is 5.65. The lowest BCUT2D eigenvalue weighted by molar-refractivity contribution is -0.119. The molecule has 0 spiro atoms. The number of nitrogens with one attached hydrogen (secondary N) is 2. The van der Waals surface area contributed by atoms with Crippen LogP contribution in [0.2, 0.25) is 0 Å². The zero-order chi connectivity index (χ0) is 17.3. The van der Waals surface area contributed by atoms with Crippen molar-refractivity contribution in [3.05, 3.63) is 34.6 Å². The fraction of sp³-hybridized carbons (Fsp3) is 0.375. The van der Waals surface area contributed by atoms with E-state index in [0.717, 1.165) is 12.8 Å². The molecule has 1 aromatic heterocycles. The number of imide groups is 1. The molecule has 3 rings (SSSR count). The molecule has 0 bridgehead atoms. The summed E-state index contributed by atoms with van der Waals surface area (Å²) in [4.78, 5) is 40.6. The van der Waals surface area contributed by atoms with Crippen LogP contribution in [-0.2, 0) is 4.79 Å². The highest BCUT2D eigenvalue weighted by Gasteiger charge is 2.30. The van der Waals surface area contributed by atoms with Crippen LogP contribution in [-0.4, -0.2) is 33.8 Å². The van der Waals surface area contributed by atoms with Crippen molar-refractivity contribution in [2.24, 2.45) is 0 Å². The van der Waals surface area contributed by atoms with Crippen molar-refractivity contribution in [2.75, 3.05) is 7.05 Å². The predicted octanol–water partition coefficient (Wildman–Crippen LogP) is 1.67. The molecule has 0 radical (unpaired) electrons. The number of urea groups is 1. The lowest BCUT2D eigenvalue weighted by Crippen LogP contribution is -2.41. The maximum absolute atomic E-state index is 12.8. The van der Waals surface area contributed by atoms with Crippen molar-refractivity contribution in [2.45, 2.75) is 36.2 Å². The van der Waals surface area contributed by atoms with Crippen LogP contribution in [0.15, 0.2) is 34.2 Å². The number of carbonyl (C=O) groups is 2. The first-order valence-electron chi connectivity index (χ1n) is 7.71. The maximum atomic E-state index is 12.8. The Morgan fingerprint density at radius 3 is 2.71 bits per heavy atom. The number of hydrogen-bond donors (Lipinski definition) is 2. The van der Waals surface area contributed by atoms with Crippen LogP contribution in [0.5, 0.6) is 0 Å². The van der Waals surface area contributed by atoms with Gasteiger partial charge in [-0.05, 0) is 31.9 Å². The molecule has 1 aromatic carbocycles. The largest absolute Gasteiger partial charge is 0.341 e. The van der Waals surface area contributed by atoms with E-state index >= 15 is 0 Å². The lowest BCUT2D eigenvalue weighted by Gasteiger charge is -2.15. The Kier molecular flexibility index (Phi) is 4.57. The number of rotatable bonds is 4. The molecule has 3 amide bonds. The van der Waals surface area contributed by atoms with Gasteiger partial charge in [0.05, 0.1) is 16.2 Å². The molecule has 24 heavy (non-hydrogen) atoms. The van der Waals surface area contributed by atoms with Crippen molar-refractivity contribution in [3.8, 4) is 0 Å². The fourth-order valence-corrected chi connectivity index (χ4v) is 3.33. The summed E-state index contributed by atoms with van der Waals surface area (Å²) in [5, 5.41) is 5.12. The first-order valence-corrected chi connectivity index (χ1v) is 8.59. The molecule has 1 aliphatic carbocycles. The van der Waals surface area contributed by atoms with E-state index in [9.17, 15) is 14.4 Å². The number of hydrogen-bond acceptors (Lipinski definition) is 5. The third kappa shape index (κ3) is 3.28. The molecule has 8 heteroatoms. The average Bonchev–Trinajstić information content (AvgIpc) is 3.39. The number of fused-ring (bicyclic) bond motifs is 1. The van der Waals surface area contributed by atoms with Gasteiger partial charge >= 0.3 is 6.03 Å². The summed E-state index contributed by atoms with van der Waals surface area (Å²) in [7, 11) is 1.44. The van der Waals surface area contributed by atoms with Gasteiger partial charge in [0, 0.05) is 13.1 Å². The smallest absolute Gasteiger partial charge is 0.321 e. The van der Waals surface area contributed by atoms with E-state index < -0.39 is 17.2 Å². The van der Waals surface area contributed by atoms with E-state index in [2.05, 4.69) is 15.6 Å². The van der Waals surface area contributed by atoms with Crippen LogP contribution < -0.4 is 16.2 Å². The molecule has 0 saturated heterocycles. The highest BCUT2D eigenvalue weighted by Crippen LogP contribution is 2.37. The van der Waals surface area contributed by atoms with Gasteiger partial charge in [0.2, 0.25) is 5.91 Å². The Bertz CT molecular complexity index is 860. The van der Waals surface area contributed by atoms with Crippen molar-refractivity contribution < 1.29 is 9.59 Å². The van der Waals surface area contributed by atoms with Gasteiger partial charge in [0.25, 0.3) is 5.56 Å². The van der Waals surface area contributed by atoms with E-state index in [-0.39, 0.29) is 11.6 Å². The molecule has 1 heterocycles. The zero-order valence-corrected chi connectivity index (χ0v) is 14.2. The van der Waals surface area contributed by atoms with Crippen molar-refractivity contribution >= 4 is 34.6 Å². The molecule has 1 unspecified atom stereocenters. The Labute approximate surface area is 142 Å². The minimum atomic E-state index is -0.557. The number of para-hydroxylation sites is 1. The van der Waals surface area contributed by atoms with Gasteiger partial charge < -0.3 is 5.32 Å². The van der Waals surface area contributed by atoms with Crippen molar-refractivity contribution in [3.63, 3.8) is 0 Å². The topological polar surface area (TPSA) is 93.1 Å². The van der Waals surface area contributed by atoms with E-state index in [1.165, 1.54) is 18.8 Å². The minimum absolute atomic E-state index is 0.0792. The monoisotopic (exact) mass is 346 g/mol. The van der Waals surface area contributed by atoms with Gasteiger partial charge in [-0.25, -0.2) is 9.78 Å². The number of carbonyl (C=O) groups excluding carboxylic acids is 2. The quantitative estimate of drug-likeness (QED) is 0.649. The summed E-state index contributed by atoms with van der Waals surface area (Å²) in [5.74, 6) is -0.427. The molecule has 1 aliphatic rings. The first kappa shape index (κ1) is 16.5. The van der Waals surface area contributed by atoms with Crippen molar-refractivity contribution in [1.29, 1.82) is 0 Å². The van der Waals surface area contributed by atoms with Crippen LogP contribution in [0.25, 0.3) is 10.9 Å². The second kappa shape index (κ2) is 6.64. The fourth-order valence-electron chi connectivity index (χ4n) is 2.35. The Morgan fingerprint density at radius 1 is 1.33 bits per heavy atom. The standard InChI is InChI=1S/C16H18N4O3S/c1-9(13(21)19-15(23)17-2)24-16-18-12-6-4-3-5-11(12)14(22)20(16)10-7-8-10/h3-6,9-10H,7-8H2,1-2H3,(H2,17,19,21,23). The van der Waals surface area contributed by atoms with Gasteiger partial charge in [0.15, 0.2) is 5.16 Å². The molecule has 0 aliphatic heterocycles. The van der Waals surface area contributed by atoms with E-state index in [0.29, 0.717) is 16.1 Å². The number of thioether (sulfide) groups is 1. The summed E-state index contributed by atoms with van der Waals surface area (Å²) < 4.78 is 1.68. The number of benzene rings is 1. The summed E-state index contributed by atoms with van der Waals surface area (Å²) in [6.07, 6.45) is 1.87. The first-order chi connectivity index (χ1) is 11.5. The third-order valence-corrected chi connectivity index (χ3v) is 4.87. The van der Waals surface area contributed by atoms with E-state index in [1.807, 2.05) is 12.1 Å². The van der Waals surface area contributed by atoms with Crippen LogP contribution >= 0.6 is 11.8 Å². The van der Waals surface area contributed by atoms with Crippen LogP contribution in [0, 0.1) is 0 Å². The van der Waals surface area contributed by atoms with Crippen LogP contribution in [0.4, 0.5) is 4.79 Å². The van der Waals surface area contributed by atoms with Crippen molar-refractivity contribution in [1.82, 2.24) is 20.2 Å². The number of nitrogens with zero attached hydrogens (tertiary/aromatic N) is 2. The van der Waals surface area contributed by atoms with E-state index in [1.54, 1.807) is 23.6 Å². The van der Waals surface area contributed by atoms with E-state index in [4.69, 9.17) is 0 Å². The Hall–Kier alpha value is -2.35. The molecule has 1 fully saturated rings. The van der Waals surface area contributed by atoms with Crippen LogP contribution in [0.1, 0.15) is 25.8 Å². The lowest BCUT2D eigenvalue weighted by atomic mass is 10.2. The molecule has 2 N–H and O–H groups in total. The van der Waals surface area contributed by atoms with Gasteiger partial charge in [0.1, 0.15) is 0 Å². The molecule has 7 nitrogen and oxygen atoms in total. The minimum Gasteiger partial charge on any atom is -0.341 e. The molecule has 1 saturated carbocycles. The normalized spacial score (nSPS) is 15.1. The van der Waals surface area contributed by atoms with Gasteiger partial charge in [-0.1, -0.05) is 23.9 Å². The second-order valence-corrected chi connectivity index (χ2v) is 6.95. The maximum Gasteiger partial charge on any atom is 0.321 e. The molecule has 1 atom stereocenters. The predicted molar refractivity (Wildman–Crippen MR) is 92.2 cm³/mol. The molecular weight excluding hydrogens is 328 g/mol. The molecular formula is C16H18N4O3S. The van der Waals surface area contributed by atoms with Crippen LogP contribution in [0.3, 0.4) is 0 Å². The summed E-state index contributed by atoms with van der Waals surface area (Å²) in [5.41, 5.74) is 0.533. The van der Waals surface area contributed by atoms with Gasteiger partial charge in [-0.2, -0.15) is 0 Å². The van der Waals surface area contributed by atoms with Gasteiger partial charge in [-0.15, -0.1) is 0 Å². The average molecular weight is 346 g/mol. The van der Waals surface area contributed by atoms with Gasteiger partial charge in [-0.3, -0.25) is 19.5 Å². The Balaban J connectivity index is 1.94. The zero-order valence-electron chi connectivity index (χ0n) is 13.4. The number of amides is 3. The highest BCUT2D eigenvalue weighted by molar-refractivity contribution is 8.00. The summed E-state index contributed by atoms with van der Waals surface area (Å²) in [6.45, 7) is 1.68. The number of aromatic nitrogens is 2. The SMILES string of the molecule is CNC(=O)NC(=O)C(C)Sc1nc2ccccc2c(=O)n1C1CC1. The summed E-state index contributed by atoms with van der Waals surface area (Å²) >= 11 is 1.19.